The van der Waals surface area contributed by atoms with E-state index in [2.05, 4.69) is 24.3 Å². The molecule has 3 aromatic rings. The SMILES string of the molecule is COc1ccc(NC(=O)C2CSCN2C(=O)c2cc(C(C)C)nc3c2cnn3C(C)C)cc1. The molecule has 1 fully saturated rings. The quantitative estimate of drug-likeness (QED) is 0.581. The third-order valence-electron chi connectivity index (χ3n) is 5.70. The minimum Gasteiger partial charge on any atom is -0.497 e. The number of anilines is 1. The molecule has 9 heteroatoms. The topological polar surface area (TPSA) is 89.3 Å². The summed E-state index contributed by atoms with van der Waals surface area (Å²) >= 11 is 1.57. The summed E-state index contributed by atoms with van der Waals surface area (Å²) in [6.07, 6.45) is 1.70. The molecule has 8 nitrogen and oxygen atoms in total. The largest absolute Gasteiger partial charge is 0.497 e. The second-order valence-corrected chi connectivity index (χ2v) is 9.68. The fourth-order valence-corrected chi connectivity index (χ4v) is 4.96. The smallest absolute Gasteiger partial charge is 0.256 e. The Balaban J connectivity index is 1.64. The number of carbonyl (C=O) groups is 2. The maximum atomic E-state index is 13.7. The number of pyridine rings is 1. The lowest BCUT2D eigenvalue weighted by molar-refractivity contribution is -0.119. The van der Waals surface area contributed by atoms with E-state index in [4.69, 9.17) is 9.72 Å². The summed E-state index contributed by atoms with van der Waals surface area (Å²) < 4.78 is 7.01. The number of carbonyl (C=O) groups excluding carboxylic acids is 2. The number of nitrogens with one attached hydrogen (secondary N) is 1. The van der Waals surface area contributed by atoms with Crippen molar-refractivity contribution in [3.63, 3.8) is 0 Å². The third kappa shape index (κ3) is 4.55. The summed E-state index contributed by atoms with van der Waals surface area (Å²) in [5.74, 6) is 1.49. The molecule has 33 heavy (non-hydrogen) atoms. The predicted octanol–water partition coefficient (Wildman–Crippen LogP) is 4.30. The molecule has 1 unspecified atom stereocenters. The van der Waals surface area contributed by atoms with E-state index in [0.717, 1.165) is 5.69 Å². The second-order valence-electron chi connectivity index (χ2n) is 8.68. The Labute approximate surface area is 197 Å². The molecule has 1 N–H and O–H groups in total. The average Bonchev–Trinajstić information content (AvgIpc) is 3.46. The van der Waals surface area contributed by atoms with Crippen LogP contribution < -0.4 is 10.1 Å². The van der Waals surface area contributed by atoms with Crippen molar-refractivity contribution in [2.45, 2.75) is 45.7 Å². The van der Waals surface area contributed by atoms with E-state index in [9.17, 15) is 9.59 Å². The normalized spacial score (nSPS) is 16.1. The zero-order valence-electron chi connectivity index (χ0n) is 19.5. The van der Waals surface area contributed by atoms with Gasteiger partial charge in [-0.25, -0.2) is 9.67 Å². The minimum absolute atomic E-state index is 0.116. The summed E-state index contributed by atoms with van der Waals surface area (Å²) in [7, 11) is 1.60. The number of amides is 2. The molecule has 3 heterocycles. The highest BCUT2D eigenvalue weighted by Crippen LogP contribution is 2.29. The van der Waals surface area contributed by atoms with Crippen molar-refractivity contribution < 1.29 is 14.3 Å². The number of fused-ring (bicyclic) bond motifs is 1. The number of methoxy groups -OCH3 is 1. The Morgan fingerprint density at radius 1 is 1.18 bits per heavy atom. The Morgan fingerprint density at radius 2 is 1.91 bits per heavy atom. The van der Waals surface area contributed by atoms with E-state index in [1.165, 1.54) is 0 Å². The van der Waals surface area contributed by atoms with Gasteiger partial charge in [0.2, 0.25) is 5.91 Å². The lowest BCUT2D eigenvalue weighted by Gasteiger charge is -2.24. The van der Waals surface area contributed by atoms with Gasteiger partial charge in [-0.05, 0) is 50.1 Å². The van der Waals surface area contributed by atoms with E-state index < -0.39 is 6.04 Å². The number of aromatic nitrogens is 3. The van der Waals surface area contributed by atoms with Crippen LogP contribution in [0.4, 0.5) is 5.69 Å². The van der Waals surface area contributed by atoms with E-state index in [1.54, 1.807) is 54.2 Å². The number of hydrogen-bond donors (Lipinski definition) is 1. The Kier molecular flexibility index (Phi) is 6.60. The van der Waals surface area contributed by atoms with Gasteiger partial charge in [0.1, 0.15) is 11.8 Å². The molecule has 174 valence electrons. The molecule has 0 saturated carbocycles. The molecule has 1 saturated heterocycles. The van der Waals surface area contributed by atoms with Crippen LogP contribution in [-0.2, 0) is 4.79 Å². The highest BCUT2D eigenvalue weighted by molar-refractivity contribution is 7.99. The zero-order chi connectivity index (χ0) is 23.7. The van der Waals surface area contributed by atoms with Crippen LogP contribution in [0.2, 0.25) is 0 Å². The van der Waals surface area contributed by atoms with Gasteiger partial charge in [0, 0.05) is 23.2 Å². The van der Waals surface area contributed by atoms with Crippen molar-refractivity contribution in [2.75, 3.05) is 24.1 Å². The molecule has 0 radical (unpaired) electrons. The van der Waals surface area contributed by atoms with Crippen LogP contribution in [-0.4, -0.2) is 56.3 Å². The monoisotopic (exact) mass is 467 g/mol. The second kappa shape index (κ2) is 9.43. The van der Waals surface area contributed by atoms with E-state index in [0.29, 0.717) is 39.7 Å². The van der Waals surface area contributed by atoms with Crippen LogP contribution in [0.3, 0.4) is 0 Å². The number of rotatable bonds is 6. The summed E-state index contributed by atoms with van der Waals surface area (Å²) in [4.78, 5) is 33.2. The number of benzene rings is 1. The van der Waals surface area contributed by atoms with Gasteiger partial charge in [-0.2, -0.15) is 5.10 Å². The van der Waals surface area contributed by atoms with Gasteiger partial charge in [-0.15, -0.1) is 11.8 Å². The van der Waals surface area contributed by atoms with Gasteiger partial charge in [0.05, 0.1) is 30.1 Å². The van der Waals surface area contributed by atoms with Gasteiger partial charge in [0.15, 0.2) is 5.65 Å². The van der Waals surface area contributed by atoms with Crippen LogP contribution >= 0.6 is 11.8 Å². The van der Waals surface area contributed by atoms with Crippen LogP contribution in [0.15, 0.2) is 36.5 Å². The van der Waals surface area contributed by atoms with Crippen LogP contribution in [0, 0.1) is 0 Å². The number of ether oxygens (including phenoxy) is 1. The first-order valence-corrected chi connectivity index (χ1v) is 12.2. The minimum atomic E-state index is -0.560. The average molecular weight is 468 g/mol. The van der Waals surface area contributed by atoms with Crippen LogP contribution in [0.5, 0.6) is 5.75 Å². The van der Waals surface area contributed by atoms with Crippen molar-refractivity contribution in [1.82, 2.24) is 19.7 Å². The van der Waals surface area contributed by atoms with Crippen molar-refractivity contribution >= 4 is 40.3 Å². The summed E-state index contributed by atoms with van der Waals surface area (Å²) in [6, 6.07) is 8.55. The van der Waals surface area contributed by atoms with Gasteiger partial charge in [-0.3, -0.25) is 9.59 Å². The van der Waals surface area contributed by atoms with Crippen LogP contribution in [0.1, 0.15) is 55.7 Å². The fraction of sp³-hybridized carbons (Fsp3) is 0.417. The third-order valence-corrected chi connectivity index (χ3v) is 6.71. The van der Waals surface area contributed by atoms with Crippen molar-refractivity contribution in [3.05, 3.63) is 47.8 Å². The molecule has 4 rings (SSSR count). The first-order valence-electron chi connectivity index (χ1n) is 11.0. The van der Waals surface area contributed by atoms with Gasteiger partial charge >= 0.3 is 0 Å². The molecule has 1 aromatic carbocycles. The van der Waals surface area contributed by atoms with E-state index in [-0.39, 0.29) is 23.8 Å². The summed E-state index contributed by atoms with van der Waals surface area (Å²) in [5, 5.41) is 8.12. The standard InChI is InChI=1S/C24H29N5O3S/c1-14(2)20-10-18(19-11-25-29(15(3)4)22(19)27-20)24(31)28-13-33-12-21(28)23(30)26-16-6-8-17(32-5)9-7-16/h6-11,14-15,21H,12-13H2,1-5H3,(H,26,30). The molecule has 2 aromatic heterocycles. The van der Waals surface area contributed by atoms with Crippen molar-refractivity contribution in [1.29, 1.82) is 0 Å². The van der Waals surface area contributed by atoms with E-state index >= 15 is 0 Å². The molecular formula is C24H29N5O3S. The van der Waals surface area contributed by atoms with E-state index in [1.807, 2.05) is 24.6 Å². The Morgan fingerprint density at radius 3 is 2.55 bits per heavy atom. The number of thioether (sulfide) groups is 1. The molecule has 1 aliphatic rings. The predicted molar refractivity (Wildman–Crippen MR) is 131 cm³/mol. The van der Waals surface area contributed by atoms with Crippen molar-refractivity contribution in [3.8, 4) is 5.75 Å². The number of nitrogens with zero attached hydrogens (tertiary/aromatic N) is 4. The molecule has 0 bridgehead atoms. The highest BCUT2D eigenvalue weighted by Gasteiger charge is 2.36. The lowest BCUT2D eigenvalue weighted by atomic mass is 10.0. The molecule has 1 aliphatic heterocycles. The van der Waals surface area contributed by atoms with Gasteiger partial charge in [0.25, 0.3) is 5.91 Å². The Hall–Kier alpha value is -3.07. The molecule has 0 aliphatic carbocycles. The maximum absolute atomic E-state index is 13.7. The zero-order valence-corrected chi connectivity index (χ0v) is 20.3. The van der Waals surface area contributed by atoms with Gasteiger partial charge in [-0.1, -0.05) is 13.8 Å². The molecule has 1 atom stereocenters. The Bertz CT molecular complexity index is 1170. The first-order chi connectivity index (χ1) is 15.8. The highest BCUT2D eigenvalue weighted by atomic mass is 32.2. The molecule has 0 spiro atoms. The fourth-order valence-electron chi connectivity index (χ4n) is 3.80. The summed E-state index contributed by atoms with van der Waals surface area (Å²) in [6.45, 7) is 8.17. The number of hydrogen-bond acceptors (Lipinski definition) is 6. The maximum Gasteiger partial charge on any atom is 0.256 e. The first kappa shape index (κ1) is 23.1. The van der Waals surface area contributed by atoms with Gasteiger partial charge < -0.3 is 15.0 Å². The van der Waals surface area contributed by atoms with Crippen LogP contribution in [0.25, 0.3) is 11.0 Å². The molecule has 2 amide bonds. The lowest BCUT2D eigenvalue weighted by Crippen LogP contribution is -2.44. The molecular weight excluding hydrogens is 438 g/mol. The van der Waals surface area contributed by atoms with Crippen molar-refractivity contribution in [2.24, 2.45) is 0 Å². The summed E-state index contributed by atoms with van der Waals surface area (Å²) in [5.41, 5.74) is 2.74.